The first-order valence-corrected chi connectivity index (χ1v) is 22.1. The molecule has 53 heavy (non-hydrogen) atoms. The number of unbranched alkanes of at least 4 members (excludes halogenated alkanes) is 16. The molecule has 0 aromatic heterocycles. The molecular weight excluding hydrogens is 695 g/mol. The van der Waals surface area contributed by atoms with Gasteiger partial charge in [-0.1, -0.05) is 133 Å². The number of ether oxygens (including phenoxy) is 2. The van der Waals surface area contributed by atoms with Crippen LogP contribution in [0.25, 0.3) is 0 Å². The van der Waals surface area contributed by atoms with E-state index in [1.54, 1.807) is 0 Å². The van der Waals surface area contributed by atoms with Crippen LogP contribution in [-0.4, -0.2) is 65.7 Å². The molecule has 0 aliphatic heterocycles. The summed E-state index contributed by atoms with van der Waals surface area (Å²) < 4.78 is 32.6. The maximum atomic E-state index is 12.6. The quantitative estimate of drug-likeness (QED) is 0.0240. The lowest BCUT2D eigenvalue weighted by Crippen LogP contribution is -2.29. The number of carbonyl (C=O) groups is 2. The molecule has 0 bridgehead atoms. The van der Waals surface area contributed by atoms with E-state index in [0.717, 1.165) is 77.0 Å². The van der Waals surface area contributed by atoms with E-state index in [2.05, 4.69) is 67.0 Å². The summed E-state index contributed by atoms with van der Waals surface area (Å²) in [4.78, 5) is 34.9. The molecule has 1 unspecified atom stereocenters. The molecule has 3 atom stereocenters. The predicted octanol–water partition coefficient (Wildman–Crippen LogP) is 10.6. The number of hydrogen-bond acceptors (Lipinski definition) is 9. The number of carbonyl (C=O) groups excluding carboxylic acids is 2. The maximum absolute atomic E-state index is 12.6. The summed E-state index contributed by atoms with van der Waals surface area (Å²) in [5.41, 5.74) is 0. The lowest BCUT2D eigenvalue weighted by atomic mass is 10.1. The third kappa shape index (κ3) is 38.0. The number of hydrogen-bond donors (Lipinski definition) is 3. The van der Waals surface area contributed by atoms with Crippen molar-refractivity contribution in [3.05, 3.63) is 48.6 Å². The normalized spacial score (nSPS) is 14.4. The average Bonchev–Trinajstić information content (AvgIpc) is 3.14. The number of phosphoric acid groups is 1. The third-order valence-corrected chi connectivity index (χ3v) is 9.42. The number of rotatable bonds is 38. The lowest BCUT2D eigenvalue weighted by Gasteiger charge is -2.20. The van der Waals surface area contributed by atoms with Crippen molar-refractivity contribution in [1.29, 1.82) is 0 Å². The van der Waals surface area contributed by atoms with Gasteiger partial charge in [0.15, 0.2) is 6.10 Å². The van der Waals surface area contributed by atoms with Gasteiger partial charge in [0.1, 0.15) is 12.7 Å². The molecule has 10 nitrogen and oxygen atoms in total. The monoisotopic (exact) mass is 771 g/mol. The zero-order valence-corrected chi connectivity index (χ0v) is 34.1. The highest BCUT2D eigenvalue weighted by Crippen LogP contribution is 2.43. The molecule has 0 radical (unpaired) electrons. The van der Waals surface area contributed by atoms with Crippen LogP contribution in [0.4, 0.5) is 0 Å². The Kier molecular flexibility index (Phi) is 36.7. The van der Waals surface area contributed by atoms with Crippen LogP contribution in [0.5, 0.6) is 0 Å². The molecule has 0 fully saturated rings. The van der Waals surface area contributed by atoms with Crippen LogP contribution < -0.4 is 0 Å². The molecule has 0 heterocycles. The molecular formula is C42H75O10P. The van der Waals surface area contributed by atoms with Crippen molar-refractivity contribution < 1.29 is 47.8 Å². The van der Waals surface area contributed by atoms with Gasteiger partial charge in [0, 0.05) is 12.8 Å². The minimum Gasteiger partial charge on any atom is -0.462 e. The first-order chi connectivity index (χ1) is 25.7. The first-order valence-electron chi connectivity index (χ1n) is 20.6. The van der Waals surface area contributed by atoms with Crippen molar-refractivity contribution in [3.8, 4) is 0 Å². The molecule has 0 amide bonds. The Morgan fingerprint density at radius 1 is 0.585 bits per heavy atom. The van der Waals surface area contributed by atoms with Gasteiger partial charge in [-0.2, -0.15) is 0 Å². The maximum Gasteiger partial charge on any atom is 0.472 e. The largest absolute Gasteiger partial charge is 0.472 e. The van der Waals surface area contributed by atoms with Crippen molar-refractivity contribution in [2.75, 3.05) is 26.4 Å². The van der Waals surface area contributed by atoms with Crippen molar-refractivity contribution in [3.63, 3.8) is 0 Å². The standard InChI is InChI=1S/C42H75O10P/c1-3-5-7-9-11-13-15-17-19-21-23-25-27-29-31-33-41(45)49-37-40(38-51-53(47,48)50-36-39(44)35-43)52-42(46)34-32-30-28-26-24-22-20-18-16-14-12-10-8-6-4-2/h5,7,11,13-14,16-17,19,39-40,43-44H,3-4,6,8-10,12,15,18,20-38H2,1-2H3,(H,47,48)/b7-5+,13-11+,16-14+,19-17+/t39-,40+/m0/s1. The van der Waals surface area contributed by atoms with Crippen LogP contribution >= 0.6 is 7.82 Å². The van der Waals surface area contributed by atoms with Gasteiger partial charge < -0.3 is 24.6 Å². The van der Waals surface area contributed by atoms with Crippen molar-refractivity contribution in [2.24, 2.45) is 0 Å². The summed E-state index contributed by atoms with van der Waals surface area (Å²) in [6, 6.07) is 0. The Morgan fingerprint density at radius 3 is 1.58 bits per heavy atom. The molecule has 0 rings (SSSR count). The second kappa shape index (κ2) is 38.2. The van der Waals surface area contributed by atoms with Crippen molar-refractivity contribution in [1.82, 2.24) is 0 Å². The molecule has 3 N–H and O–H groups in total. The Morgan fingerprint density at radius 2 is 1.04 bits per heavy atom. The molecule has 0 aromatic carbocycles. The van der Waals surface area contributed by atoms with Crippen LogP contribution in [0.3, 0.4) is 0 Å². The fourth-order valence-corrected chi connectivity index (χ4v) is 6.08. The van der Waals surface area contributed by atoms with Gasteiger partial charge in [-0.3, -0.25) is 18.6 Å². The minimum absolute atomic E-state index is 0.174. The highest BCUT2D eigenvalue weighted by molar-refractivity contribution is 7.47. The van der Waals surface area contributed by atoms with Crippen LogP contribution in [0.1, 0.15) is 168 Å². The van der Waals surface area contributed by atoms with E-state index in [-0.39, 0.29) is 19.4 Å². The van der Waals surface area contributed by atoms with Crippen LogP contribution in [0.2, 0.25) is 0 Å². The van der Waals surface area contributed by atoms with E-state index in [9.17, 15) is 24.2 Å². The van der Waals surface area contributed by atoms with E-state index in [1.165, 1.54) is 51.4 Å². The van der Waals surface area contributed by atoms with Gasteiger partial charge in [0.25, 0.3) is 0 Å². The molecule has 11 heteroatoms. The van der Waals surface area contributed by atoms with Crippen LogP contribution in [-0.2, 0) is 32.7 Å². The number of esters is 2. The summed E-state index contributed by atoms with van der Waals surface area (Å²) in [5.74, 6) is -0.952. The first kappa shape index (κ1) is 50.9. The Hall–Kier alpha value is -2.07. The Balaban J connectivity index is 4.36. The topological polar surface area (TPSA) is 149 Å². The zero-order valence-electron chi connectivity index (χ0n) is 33.2. The molecule has 308 valence electrons. The fourth-order valence-electron chi connectivity index (χ4n) is 5.30. The number of aliphatic hydroxyl groups is 2. The van der Waals surface area contributed by atoms with E-state index in [4.69, 9.17) is 19.1 Å². The van der Waals surface area contributed by atoms with Gasteiger partial charge in [0.05, 0.1) is 19.8 Å². The fraction of sp³-hybridized carbons (Fsp3) is 0.762. The summed E-state index contributed by atoms with van der Waals surface area (Å²) in [6.45, 7) is 2.22. The summed E-state index contributed by atoms with van der Waals surface area (Å²) >= 11 is 0. The van der Waals surface area contributed by atoms with E-state index < -0.39 is 51.8 Å². The molecule has 0 saturated heterocycles. The van der Waals surface area contributed by atoms with Crippen molar-refractivity contribution >= 4 is 19.8 Å². The average molecular weight is 771 g/mol. The summed E-state index contributed by atoms with van der Waals surface area (Å²) in [5, 5.41) is 18.3. The number of phosphoric ester groups is 1. The van der Waals surface area contributed by atoms with E-state index >= 15 is 0 Å². The summed E-state index contributed by atoms with van der Waals surface area (Å²) in [6.07, 6.45) is 39.3. The second-order valence-electron chi connectivity index (χ2n) is 13.6. The molecule has 0 saturated carbocycles. The van der Waals surface area contributed by atoms with Gasteiger partial charge in [0.2, 0.25) is 0 Å². The Labute approximate surface area is 322 Å². The van der Waals surface area contributed by atoms with E-state index in [0.29, 0.717) is 12.8 Å². The van der Waals surface area contributed by atoms with Gasteiger partial charge in [-0.15, -0.1) is 0 Å². The number of aliphatic hydroxyl groups excluding tert-OH is 2. The smallest absolute Gasteiger partial charge is 0.462 e. The van der Waals surface area contributed by atoms with Gasteiger partial charge in [-0.25, -0.2) is 4.57 Å². The molecule has 0 spiro atoms. The minimum atomic E-state index is -4.62. The predicted molar refractivity (Wildman–Crippen MR) is 214 cm³/mol. The highest BCUT2D eigenvalue weighted by atomic mass is 31.2. The summed E-state index contributed by atoms with van der Waals surface area (Å²) in [7, 11) is -4.62. The zero-order chi connectivity index (χ0) is 39.1. The van der Waals surface area contributed by atoms with Crippen LogP contribution in [0.15, 0.2) is 48.6 Å². The Bertz CT molecular complexity index is 1030. The van der Waals surface area contributed by atoms with Crippen LogP contribution in [0, 0.1) is 0 Å². The number of allylic oxidation sites excluding steroid dienone is 8. The van der Waals surface area contributed by atoms with E-state index in [1.807, 2.05) is 0 Å². The third-order valence-electron chi connectivity index (χ3n) is 8.47. The lowest BCUT2D eigenvalue weighted by molar-refractivity contribution is -0.161. The van der Waals surface area contributed by atoms with Crippen molar-refractivity contribution in [2.45, 2.75) is 180 Å². The molecule has 0 aliphatic carbocycles. The van der Waals surface area contributed by atoms with Gasteiger partial charge >= 0.3 is 19.8 Å². The van der Waals surface area contributed by atoms with Gasteiger partial charge in [-0.05, 0) is 70.6 Å². The molecule has 0 aliphatic rings. The highest BCUT2D eigenvalue weighted by Gasteiger charge is 2.27. The molecule has 0 aromatic rings. The second-order valence-corrected chi connectivity index (χ2v) is 15.1. The SMILES string of the molecule is CC/C=C/C/C=C/C/C=C/CCCCCCCC(=O)OC[C@H](COP(=O)(O)OC[C@@H](O)CO)OC(=O)CCCCCCCCC/C=C/CCCCCC.